The number of ether oxygens (including phenoxy) is 1. The molecule has 19 heavy (non-hydrogen) atoms. The predicted molar refractivity (Wildman–Crippen MR) is 81.5 cm³/mol. The zero-order valence-electron chi connectivity index (χ0n) is 11.7. The summed E-state index contributed by atoms with van der Waals surface area (Å²) < 4.78 is 7.86. The molecule has 108 valence electrons. The quantitative estimate of drug-likeness (QED) is 0.570. The Bertz CT molecular complexity index is 439. The molecule has 1 fully saturated rings. The zero-order chi connectivity index (χ0) is 13.7. The standard InChI is InChI=1S/C12H22N4OS2/c1-14(6-5-9-17-2)10-16-12(18)19-11(13-16)15-7-3-4-8-15/h3-10H2,1-2H3. The number of hydrogen-bond donors (Lipinski definition) is 0. The van der Waals surface area contributed by atoms with Gasteiger partial charge in [0.1, 0.15) is 0 Å². The monoisotopic (exact) mass is 302 g/mol. The van der Waals surface area contributed by atoms with Crippen LogP contribution in [0.5, 0.6) is 0 Å². The lowest BCUT2D eigenvalue weighted by Gasteiger charge is -2.16. The minimum atomic E-state index is 0.757. The van der Waals surface area contributed by atoms with Crippen molar-refractivity contribution in [3.05, 3.63) is 3.95 Å². The Labute approximate surface area is 123 Å². The third kappa shape index (κ3) is 4.24. The molecule has 5 nitrogen and oxygen atoms in total. The van der Waals surface area contributed by atoms with Crippen LogP contribution in [0.3, 0.4) is 0 Å². The van der Waals surface area contributed by atoms with E-state index in [1.54, 1.807) is 18.4 Å². The van der Waals surface area contributed by atoms with E-state index < -0.39 is 0 Å². The minimum Gasteiger partial charge on any atom is -0.385 e. The highest BCUT2D eigenvalue weighted by atomic mass is 32.1. The second-order valence-corrected chi connectivity index (χ2v) is 6.51. The molecule has 0 amide bonds. The Kier molecular flexibility index (Phi) is 5.75. The smallest absolute Gasteiger partial charge is 0.207 e. The van der Waals surface area contributed by atoms with Crippen molar-refractivity contribution in [1.82, 2.24) is 14.7 Å². The summed E-state index contributed by atoms with van der Waals surface area (Å²) in [5, 5.41) is 5.72. The van der Waals surface area contributed by atoms with Crippen LogP contribution < -0.4 is 4.90 Å². The molecule has 0 aliphatic carbocycles. The maximum Gasteiger partial charge on any atom is 0.207 e. The lowest BCUT2D eigenvalue weighted by atomic mass is 10.4. The van der Waals surface area contributed by atoms with Crippen molar-refractivity contribution >= 4 is 28.7 Å². The van der Waals surface area contributed by atoms with Gasteiger partial charge in [0.2, 0.25) is 5.13 Å². The molecule has 7 heteroatoms. The lowest BCUT2D eigenvalue weighted by Crippen LogP contribution is -2.25. The number of anilines is 1. The molecule has 1 aliphatic rings. The van der Waals surface area contributed by atoms with Crippen LogP contribution >= 0.6 is 23.6 Å². The Morgan fingerprint density at radius 2 is 2.16 bits per heavy atom. The molecule has 1 aliphatic heterocycles. The van der Waals surface area contributed by atoms with Gasteiger partial charge in [0.15, 0.2) is 3.95 Å². The molecular formula is C12H22N4OS2. The summed E-state index contributed by atoms with van der Waals surface area (Å²) in [6.07, 6.45) is 3.57. The largest absolute Gasteiger partial charge is 0.385 e. The van der Waals surface area contributed by atoms with Gasteiger partial charge in [-0.05, 0) is 38.5 Å². The van der Waals surface area contributed by atoms with Gasteiger partial charge in [0.05, 0.1) is 6.67 Å². The van der Waals surface area contributed by atoms with Crippen molar-refractivity contribution in [2.75, 3.05) is 45.3 Å². The zero-order valence-corrected chi connectivity index (χ0v) is 13.3. The molecule has 0 saturated carbocycles. The highest BCUT2D eigenvalue weighted by Crippen LogP contribution is 2.23. The van der Waals surface area contributed by atoms with Crippen molar-refractivity contribution in [3.8, 4) is 0 Å². The number of rotatable bonds is 7. The van der Waals surface area contributed by atoms with Crippen LogP contribution in [0, 0.1) is 3.95 Å². The van der Waals surface area contributed by atoms with E-state index in [0.29, 0.717) is 0 Å². The molecule has 0 unspecified atom stereocenters. The van der Waals surface area contributed by atoms with Crippen molar-refractivity contribution in [3.63, 3.8) is 0 Å². The van der Waals surface area contributed by atoms with Gasteiger partial charge in [-0.3, -0.25) is 4.90 Å². The second-order valence-electron chi connectivity index (χ2n) is 4.91. The Hall–Kier alpha value is -0.500. The molecule has 1 aromatic rings. The van der Waals surface area contributed by atoms with Crippen molar-refractivity contribution in [2.45, 2.75) is 25.9 Å². The first-order chi connectivity index (χ1) is 9.20. The van der Waals surface area contributed by atoms with Gasteiger partial charge in [-0.2, -0.15) is 0 Å². The third-order valence-electron chi connectivity index (χ3n) is 3.24. The molecule has 0 radical (unpaired) electrons. The van der Waals surface area contributed by atoms with Gasteiger partial charge in [-0.15, -0.1) is 5.10 Å². The topological polar surface area (TPSA) is 33.5 Å². The molecule has 1 saturated heterocycles. The fourth-order valence-corrected chi connectivity index (χ4v) is 3.33. The predicted octanol–water partition coefficient (Wildman–Crippen LogP) is 2.20. The molecule has 1 aromatic heterocycles. The van der Waals surface area contributed by atoms with Gasteiger partial charge in [0, 0.05) is 33.4 Å². The first-order valence-corrected chi connectivity index (χ1v) is 7.93. The van der Waals surface area contributed by atoms with Crippen LogP contribution in [0.15, 0.2) is 0 Å². The Morgan fingerprint density at radius 1 is 1.42 bits per heavy atom. The molecule has 0 bridgehead atoms. The molecule has 0 spiro atoms. The molecule has 0 N–H and O–H groups in total. The summed E-state index contributed by atoms with van der Waals surface area (Å²) in [7, 11) is 3.82. The van der Waals surface area contributed by atoms with Crippen LogP contribution in [0.25, 0.3) is 0 Å². The van der Waals surface area contributed by atoms with E-state index >= 15 is 0 Å². The van der Waals surface area contributed by atoms with Crippen LogP contribution in [0.4, 0.5) is 5.13 Å². The summed E-state index contributed by atoms with van der Waals surface area (Å²) in [4.78, 5) is 4.56. The summed E-state index contributed by atoms with van der Waals surface area (Å²) in [6, 6.07) is 0. The first kappa shape index (κ1) is 14.9. The number of nitrogens with zero attached hydrogens (tertiary/aromatic N) is 4. The van der Waals surface area contributed by atoms with Crippen LogP contribution in [-0.2, 0) is 11.4 Å². The lowest BCUT2D eigenvalue weighted by molar-refractivity contribution is 0.168. The molecule has 0 aromatic carbocycles. The van der Waals surface area contributed by atoms with Crippen LogP contribution in [0.2, 0.25) is 0 Å². The Morgan fingerprint density at radius 3 is 2.84 bits per heavy atom. The average Bonchev–Trinajstić information content (AvgIpc) is 3.00. The highest BCUT2D eigenvalue weighted by molar-refractivity contribution is 7.73. The summed E-state index contributed by atoms with van der Waals surface area (Å²) >= 11 is 7.03. The fraction of sp³-hybridized carbons (Fsp3) is 0.833. The third-order valence-corrected chi connectivity index (χ3v) is 4.60. The van der Waals surface area contributed by atoms with Gasteiger partial charge >= 0.3 is 0 Å². The molecule has 2 rings (SSSR count). The minimum absolute atomic E-state index is 0.757. The normalized spacial score (nSPS) is 15.6. The van der Waals surface area contributed by atoms with Gasteiger partial charge in [-0.1, -0.05) is 11.3 Å². The van der Waals surface area contributed by atoms with E-state index in [9.17, 15) is 0 Å². The number of methoxy groups -OCH3 is 1. The first-order valence-electron chi connectivity index (χ1n) is 6.71. The molecule has 2 heterocycles. The van der Waals surface area contributed by atoms with Crippen molar-refractivity contribution in [1.29, 1.82) is 0 Å². The number of aromatic nitrogens is 2. The van der Waals surface area contributed by atoms with Gasteiger partial charge < -0.3 is 9.64 Å². The van der Waals surface area contributed by atoms with E-state index in [1.807, 2.05) is 4.68 Å². The maximum absolute atomic E-state index is 5.40. The molecular weight excluding hydrogens is 280 g/mol. The highest BCUT2D eigenvalue weighted by Gasteiger charge is 2.16. The van der Waals surface area contributed by atoms with E-state index in [-0.39, 0.29) is 0 Å². The maximum atomic E-state index is 5.40. The second kappa shape index (κ2) is 7.33. The van der Waals surface area contributed by atoms with Gasteiger partial charge in [0.25, 0.3) is 0 Å². The van der Waals surface area contributed by atoms with Crippen molar-refractivity contribution in [2.24, 2.45) is 0 Å². The van der Waals surface area contributed by atoms with E-state index in [1.165, 1.54) is 12.8 Å². The summed E-state index contributed by atoms with van der Waals surface area (Å²) in [5.74, 6) is 0. The van der Waals surface area contributed by atoms with E-state index in [0.717, 1.165) is 48.4 Å². The van der Waals surface area contributed by atoms with Crippen molar-refractivity contribution < 1.29 is 4.74 Å². The summed E-state index contributed by atoms with van der Waals surface area (Å²) in [5.41, 5.74) is 0. The SMILES string of the molecule is COCCCN(C)Cn1nc(N2CCCC2)sc1=S. The number of hydrogen-bond acceptors (Lipinski definition) is 6. The van der Waals surface area contributed by atoms with Crippen LogP contribution in [-0.4, -0.2) is 55.1 Å². The summed E-state index contributed by atoms with van der Waals surface area (Å²) in [6.45, 7) is 4.78. The average molecular weight is 302 g/mol. The van der Waals surface area contributed by atoms with Crippen LogP contribution in [0.1, 0.15) is 19.3 Å². The Balaban J connectivity index is 1.91. The van der Waals surface area contributed by atoms with E-state index in [2.05, 4.69) is 21.9 Å². The fourth-order valence-electron chi connectivity index (χ4n) is 2.20. The molecule has 0 atom stereocenters. The van der Waals surface area contributed by atoms with E-state index in [4.69, 9.17) is 17.0 Å². The van der Waals surface area contributed by atoms with Gasteiger partial charge in [-0.25, -0.2) is 4.68 Å².